The molecule has 2 aromatic rings. The van der Waals surface area contributed by atoms with Crippen molar-refractivity contribution in [3.05, 3.63) is 54.6 Å². The zero-order valence-corrected chi connectivity index (χ0v) is 20.6. The van der Waals surface area contributed by atoms with Gasteiger partial charge in [0, 0.05) is 35.5 Å². The number of anilines is 1. The normalized spacial score (nSPS) is 38.9. The van der Waals surface area contributed by atoms with Crippen molar-refractivity contribution in [1.29, 1.82) is 0 Å². The van der Waals surface area contributed by atoms with Crippen LogP contribution in [-0.4, -0.2) is 29.8 Å². The van der Waals surface area contributed by atoms with Gasteiger partial charge in [0.1, 0.15) is 0 Å². The van der Waals surface area contributed by atoms with Crippen LogP contribution in [0, 0.1) is 34.5 Å². The van der Waals surface area contributed by atoms with Crippen LogP contribution in [0.15, 0.2) is 54.6 Å². The number of amides is 2. The van der Waals surface area contributed by atoms with E-state index in [1.165, 1.54) is 6.42 Å². The Morgan fingerprint density at radius 2 is 1.76 bits per heavy atom. The van der Waals surface area contributed by atoms with E-state index in [0.29, 0.717) is 23.8 Å². The standard InChI is InChI=1S/C30H36N2O2/c1-29-17-15-23-21(11-14-26-30(23,2)18-16-27(33)32(26)3)22(29)12-13-24(29)28(34)31-25-10-6-8-19-7-4-5-9-20(19)25/h4-10,16,18,21-24,26H,11-15,17H2,1-3H3,(H,31,34)/t21-,22-,23+,24?,26?,29-,30+/m0/s1. The lowest BCUT2D eigenvalue weighted by Gasteiger charge is -2.60. The lowest BCUT2D eigenvalue weighted by Crippen LogP contribution is -2.59. The van der Waals surface area contributed by atoms with Gasteiger partial charge in [-0.25, -0.2) is 0 Å². The number of rotatable bonds is 2. The molecule has 3 fully saturated rings. The zero-order valence-electron chi connectivity index (χ0n) is 20.6. The van der Waals surface area contributed by atoms with Crippen molar-refractivity contribution in [2.24, 2.45) is 34.5 Å². The number of nitrogens with zero attached hydrogens (tertiary/aromatic N) is 1. The minimum absolute atomic E-state index is 0.0518. The van der Waals surface area contributed by atoms with Crippen LogP contribution in [-0.2, 0) is 9.59 Å². The second-order valence-corrected chi connectivity index (χ2v) is 11.8. The Hall–Kier alpha value is -2.62. The van der Waals surface area contributed by atoms with Gasteiger partial charge >= 0.3 is 0 Å². The molecule has 1 N–H and O–H groups in total. The number of likely N-dealkylation sites (N-methyl/N-ethyl adjacent to an activating group) is 1. The molecule has 2 unspecified atom stereocenters. The van der Waals surface area contributed by atoms with E-state index in [1.54, 1.807) is 0 Å². The van der Waals surface area contributed by atoms with Crippen LogP contribution >= 0.6 is 0 Å². The molecule has 0 radical (unpaired) electrons. The van der Waals surface area contributed by atoms with E-state index in [1.807, 2.05) is 42.3 Å². The molecule has 6 rings (SSSR count). The molecule has 4 heteroatoms. The lowest BCUT2D eigenvalue weighted by molar-refractivity contribution is -0.141. The van der Waals surface area contributed by atoms with Crippen molar-refractivity contribution < 1.29 is 9.59 Å². The molecule has 2 aromatic carbocycles. The van der Waals surface area contributed by atoms with Gasteiger partial charge in [0.05, 0.1) is 0 Å². The first-order valence-electron chi connectivity index (χ1n) is 13.1. The minimum atomic E-state index is 0.0518. The predicted octanol–water partition coefficient (Wildman–Crippen LogP) is 6.03. The maximum absolute atomic E-state index is 13.7. The number of carbonyl (C=O) groups is 2. The average Bonchev–Trinajstić information content (AvgIpc) is 3.19. The number of benzene rings is 2. The summed E-state index contributed by atoms with van der Waals surface area (Å²) in [7, 11) is 1.98. The van der Waals surface area contributed by atoms with Gasteiger partial charge in [0.25, 0.3) is 0 Å². The van der Waals surface area contributed by atoms with E-state index in [0.717, 1.165) is 48.6 Å². The average molecular weight is 457 g/mol. The topological polar surface area (TPSA) is 49.4 Å². The molecule has 1 heterocycles. The number of nitrogens with one attached hydrogen (secondary N) is 1. The summed E-state index contributed by atoms with van der Waals surface area (Å²) in [5.74, 6) is 2.23. The molecule has 0 spiro atoms. The van der Waals surface area contributed by atoms with Crippen molar-refractivity contribution in [1.82, 2.24) is 4.90 Å². The van der Waals surface area contributed by atoms with Gasteiger partial charge in [0.2, 0.25) is 11.8 Å². The molecule has 2 amide bonds. The molecule has 178 valence electrons. The number of carbonyl (C=O) groups excluding carboxylic acids is 2. The summed E-state index contributed by atoms with van der Waals surface area (Å²) >= 11 is 0. The number of hydrogen-bond acceptors (Lipinski definition) is 2. The van der Waals surface area contributed by atoms with Crippen LogP contribution in [0.2, 0.25) is 0 Å². The van der Waals surface area contributed by atoms with Crippen LogP contribution in [0.25, 0.3) is 10.8 Å². The largest absolute Gasteiger partial charge is 0.338 e. The fraction of sp³-hybridized carbons (Fsp3) is 0.533. The maximum atomic E-state index is 13.7. The molecule has 7 atom stereocenters. The smallest absolute Gasteiger partial charge is 0.246 e. The van der Waals surface area contributed by atoms with E-state index >= 15 is 0 Å². The Bertz CT molecular complexity index is 1180. The number of hydrogen-bond donors (Lipinski definition) is 1. The highest BCUT2D eigenvalue weighted by atomic mass is 16.2. The Labute approximate surface area is 202 Å². The molecular formula is C30H36N2O2. The Morgan fingerprint density at radius 1 is 0.971 bits per heavy atom. The molecule has 1 aliphatic heterocycles. The summed E-state index contributed by atoms with van der Waals surface area (Å²) in [6.45, 7) is 4.78. The van der Waals surface area contributed by atoms with Gasteiger partial charge in [-0.1, -0.05) is 56.3 Å². The SMILES string of the molecule is CN1C(=O)C=C[C@@]2(C)C1CC[C@@H]1[C@H]2CC[C@]2(C)C(C(=O)Nc3cccc4ccccc34)CC[C@@H]12. The van der Waals surface area contributed by atoms with E-state index in [-0.39, 0.29) is 28.6 Å². The van der Waals surface area contributed by atoms with Gasteiger partial charge < -0.3 is 10.2 Å². The van der Waals surface area contributed by atoms with Crippen molar-refractivity contribution in [3.63, 3.8) is 0 Å². The highest BCUT2D eigenvalue weighted by Crippen LogP contribution is 2.65. The summed E-state index contributed by atoms with van der Waals surface area (Å²) in [6, 6.07) is 14.7. The van der Waals surface area contributed by atoms with Crippen LogP contribution in [0.4, 0.5) is 5.69 Å². The summed E-state index contributed by atoms with van der Waals surface area (Å²) in [6.07, 6.45) is 10.7. The molecule has 3 aliphatic carbocycles. The molecule has 0 bridgehead atoms. The van der Waals surface area contributed by atoms with Gasteiger partial charge in [-0.05, 0) is 79.2 Å². The van der Waals surface area contributed by atoms with Gasteiger partial charge in [-0.2, -0.15) is 0 Å². The molecule has 34 heavy (non-hydrogen) atoms. The van der Waals surface area contributed by atoms with Crippen molar-refractivity contribution >= 4 is 28.3 Å². The fourth-order valence-corrected chi connectivity index (χ4v) is 8.72. The van der Waals surface area contributed by atoms with Crippen LogP contribution < -0.4 is 5.32 Å². The summed E-state index contributed by atoms with van der Waals surface area (Å²) in [4.78, 5) is 28.0. The highest BCUT2D eigenvalue weighted by Gasteiger charge is 2.61. The molecule has 0 aromatic heterocycles. The Morgan fingerprint density at radius 3 is 2.62 bits per heavy atom. The summed E-state index contributed by atoms with van der Waals surface area (Å²) in [5.41, 5.74) is 1.03. The molecule has 0 saturated heterocycles. The van der Waals surface area contributed by atoms with Gasteiger partial charge in [0.15, 0.2) is 0 Å². The second-order valence-electron chi connectivity index (χ2n) is 11.8. The predicted molar refractivity (Wildman–Crippen MR) is 136 cm³/mol. The first kappa shape index (κ1) is 21.9. The van der Waals surface area contributed by atoms with Crippen LogP contribution in [0.1, 0.15) is 52.4 Å². The third-order valence-electron chi connectivity index (χ3n) is 10.5. The lowest BCUT2D eigenvalue weighted by atomic mass is 9.47. The maximum Gasteiger partial charge on any atom is 0.246 e. The van der Waals surface area contributed by atoms with E-state index in [9.17, 15) is 9.59 Å². The summed E-state index contributed by atoms with van der Waals surface area (Å²) < 4.78 is 0. The first-order valence-corrected chi connectivity index (χ1v) is 13.1. The third-order valence-corrected chi connectivity index (χ3v) is 10.5. The highest BCUT2D eigenvalue weighted by molar-refractivity contribution is 6.03. The van der Waals surface area contributed by atoms with Gasteiger partial charge in [-0.3, -0.25) is 9.59 Å². The van der Waals surface area contributed by atoms with E-state index in [4.69, 9.17) is 0 Å². The first-order chi connectivity index (χ1) is 16.3. The van der Waals surface area contributed by atoms with Crippen LogP contribution in [0.5, 0.6) is 0 Å². The van der Waals surface area contributed by atoms with E-state index < -0.39 is 0 Å². The fourth-order valence-electron chi connectivity index (χ4n) is 8.72. The van der Waals surface area contributed by atoms with Crippen LogP contribution in [0.3, 0.4) is 0 Å². The molecule has 3 saturated carbocycles. The molecular weight excluding hydrogens is 420 g/mol. The number of fused-ring (bicyclic) bond motifs is 6. The Kier molecular flexibility index (Phi) is 4.95. The monoisotopic (exact) mass is 456 g/mol. The molecule has 4 aliphatic rings. The molecule has 4 nitrogen and oxygen atoms in total. The third kappa shape index (κ3) is 3.03. The Balaban J connectivity index is 1.25. The second kappa shape index (κ2) is 7.69. The minimum Gasteiger partial charge on any atom is -0.338 e. The summed E-state index contributed by atoms with van der Waals surface area (Å²) in [5, 5.41) is 5.59. The quantitative estimate of drug-likeness (QED) is 0.599. The van der Waals surface area contributed by atoms with Gasteiger partial charge in [-0.15, -0.1) is 0 Å². The van der Waals surface area contributed by atoms with Crippen molar-refractivity contribution in [3.8, 4) is 0 Å². The van der Waals surface area contributed by atoms with Crippen molar-refractivity contribution in [2.45, 2.75) is 58.4 Å². The zero-order chi connectivity index (χ0) is 23.7. The van der Waals surface area contributed by atoms with Crippen molar-refractivity contribution in [2.75, 3.05) is 12.4 Å². The van der Waals surface area contributed by atoms with E-state index in [2.05, 4.69) is 43.4 Å².